The molecular formula is C31H36N6O3. The third-order valence-electron chi connectivity index (χ3n) is 7.82. The number of nitrogens with two attached hydrogens (primary N) is 1. The van der Waals surface area contributed by atoms with E-state index in [0.29, 0.717) is 38.6 Å². The number of fused-ring (bicyclic) bond motifs is 1. The van der Waals surface area contributed by atoms with Crippen LogP contribution in [0.25, 0.3) is 11.0 Å². The van der Waals surface area contributed by atoms with Crippen molar-refractivity contribution in [3.8, 4) is 5.75 Å². The number of ether oxygens (including phenoxy) is 1. The van der Waals surface area contributed by atoms with Crippen molar-refractivity contribution in [1.82, 2.24) is 24.9 Å². The van der Waals surface area contributed by atoms with Gasteiger partial charge in [-0.25, -0.2) is 4.68 Å². The highest BCUT2D eigenvalue weighted by atomic mass is 16.5. The van der Waals surface area contributed by atoms with Crippen molar-refractivity contribution in [2.75, 3.05) is 13.7 Å². The van der Waals surface area contributed by atoms with E-state index in [9.17, 15) is 9.59 Å². The minimum absolute atomic E-state index is 0.0711. The second kappa shape index (κ2) is 12.4. The molecule has 0 bridgehead atoms. The van der Waals surface area contributed by atoms with E-state index in [0.717, 1.165) is 40.0 Å². The number of aryl methyl sites for hydroxylation is 3. The van der Waals surface area contributed by atoms with Crippen LogP contribution in [0.4, 0.5) is 0 Å². The normalized spacial score (nSPS) is 17.7. The molecule has 0 spiro atoms. The van der Waals surface area contributed by atoms with Crippen LogP contribution in [0, 0.1) is 5.92 Å². The van der Waals surface area contributed by atoms with Crippen molar-refractivity contribution < 1.29 is 14.3 Å². The van der Waals surface area contributed by atoms with Crippen LogP contribution in [0.2, 0.25) is 0 Å². The van der Waals surface area contributed by atoms with E-state index < -0.39 is 12.1 Å². The van der Waals surface area contributed by atoms with E-state index >= 15 is 0 Å². The van der Waals surface area contributed by atoms with Gasteiger partial charge in [-0.15, -0.1) is 5.10 Å². The van der Waals surface area contributed by atoms with Gasteiger partial charge < -0.3 is 15.4 Å². The SMILES string of the molecule is COc1ccc(C[C@@H]2C[C@@H](C(=O)CCc3ccc4c(c3)nnn4C)N(C(=O)[C@H](N)CCc3ccccn3)C2)cc1. The molecule has 1 fully saturated rings. The number of Topliss-reactive ketones (excluding diaryl/α,β-unsaturated/α-hetero) is 1. The topological polar surface area (TPSA) is 116 Å². The minimum atomic E-state index is -0.684. The molecule has 0 unspecified atom stereocenters. The monoisotopic (exact) mass is 540 g/mol. The van der Waals surface area contributed by atoms with Crippen molar-refractivity contribution in [1.29, 1.82) is 0 Å². The van der Waals surface area contributed by atoms with Gasteiger partial charge >= 0.3 is 0 Å². The summed E-state index contributed by atoms with van der Waals surface area (Å²) in [5.41, 5.74) is 11.2. The van der Waals surface area contributed by atoms with Crippen molar-refractivity contribution >= 4 is 22.7 Å². The molecular weight excluding hydrogens is 504 g/mol. The summed E-state index contributed by atoms with van der Waals surface area (Å²) in [5, 5.41) is 8.25. The molecule has 4 aromatic rings. The zero-order valence-electron chi connectivity index (χ0n) is 23.1. The number of hydrogen-bond donors (Lipinski definition) is 1. The number of ketones is 1. The fourth-order valence-electron chi connectivity index (χ4n) is 5.58. The van der Waals surface area contributed by atoms with Crippen molar-refractivity contribution in [2.24, 2.45) is 18.7 Å². The third-order valence-corrected chi connectivity index (χ3v) is 7.82. The van der Waals surface area contributed by atoms with E-state index in [1.165, 1.54) is 0 Å². The largest absolute Gasteiger partial charge is 0.497 e. The van der Waals surface area contributed by atoms with E-state index in [1.807, 2.05) is 67.7 Å². The van der Waals surface area contributed by atoms with Gasteiger partial charge in [-0.1, -0.05) is 29.5 Å². The highest BCUT2D eigenvalue weighted by Crippen LogP contribution is 2.30. The molecule has 40 heavy (non-hydrogen) atoms. The van der Waals surface area contributed by atoms with Crippen molar-refractivity contribution in [2.45, 2.75) is 50.6 Å². The lowest BCUT2D eigenvalue weighted by atomic mass is 9.94. The number of amides is 1. The zero-order valence-corrected chi connectivity index (χ0v) is 23.1. The molecule has 9 heteroatoms. The van der Waals surface area contributed by atoms with Crippen LogP contribution < -0.4 is 10.5 Å². The van der Waals surface area contributed by atoms with Crippen LogP contribution >= 0.6 is 0 Å². The number of methoxy groups -OCH3 is 1. The number of rotatable bonds is 11. The predicted molar refractivity (Wildman–Crippen MR) is 153 cm³/mol. The summed E-state index contributed by atoms with van der Waals surface area (Å²) in [6.45, 7) is 0.518. The molecule has 5 rings (SSSR count). The van der Waals surface area contributed by atoms with E-state index in [2.05, 4.69) is 15.3 Å². The lowest BCUT2D eigenvalue weighted by molar-refractivity contribution is -0.138. The zero-order chi connectivity index (χ0) is 28.1. The third kappa shape index (κ3) is 6.37. The first-order valence-electron chi connectivity index (χ1n) is 13.8. The van der Waals surface area contributed by atoms with Gasteiger partial charge in [0.2, 0.25) is 5.91 Å². The summed E-state index contributed by atoms with van der Waals surface area (Å²) in [5.74, 6) is 0.887. The second-order valence-electron chi connectivity index (χ2n) is 10.6. The van der Waals surface area contributed by atoms with Crippen LogP contribution in [-0.4, -0.2) is 62.3 Å². The van der Waals surface area contributed by atoms with Gasteiger partial charge in [0.25, 0.3) is 0 Å². The Hall–Kier alpha value is -4.11. The molecule has 208 valence electrons. The molecule has 1 saturated heterocycles. The summed E-state index contributed by atoms with van der Waals surface area (Å²) in [7, 11) is 3.50. The number of hydrogen-bond acceptors (Lipinski definition) is 7. The molecule has 2 N–H and O–H groups in total. The standard InChI is InChI=1S/C31H36N6O3/c1-36-28-14-8-22(18-27(28)34-35-36)9-15-30(38)29-19-23(17-21-6-11-25(40-2)12-7-21)20-37(29)31(39)26(32)13-10-24-5-3-4-16-33-24/h3-8,11-12,14,16,18,23,26,29H,9-10,13,15,17,19-20,32H2,1-2H3/t23-,26-,29+/m1/s1. The number of carbonyl (C=O) groups is 2. The Morgan fingerprint density at radius 2 is 1.88 bits per heavy atom. The molecule has 0 aliphatic carbocycles. The first-order chi connectivity index (χ1) is 19.4. The van der Waals surface area contributed by atoms with Crippen LogP contribution in [0.3, 0.4) is 0 Å². The summed E-state index contributed by atoms with van der Waals surface area (Å²) in [6.07, 6.45) is 5.17. The minimum Gasteiger partial charge on any atom is -0.497 e. The quantitative estimate of drug-likeness (QED) is 0.310. The van der Waals surface area contributed by atoms with Crippen LogP contribution in [0.5, 0.6) is 5.75 Å². The molecule has 0 radical (unpaired) electrons. The molecule has 2 aromatic carbocycles. The fraction of sp³-hybridized carbons (Fsp3) is 0.387. The maximum absolute atomic E-state index is 13.6. The molecule has 1 aliphatic rings. The Balaban J connectivity index is 1.27. The van der Waals surface area contributed by atoms with Crippen molar-refractivity contribution in [3.05, 3.63) is 83.7 Å². The Bertz CT molecular complexity index is 1450. The molecule has 1 amide bonds. The number of benzene rings is 2. The summed E-state index contributed by atoms with van der Waals surface area (Å²) < 4.78 is 7.01. The average molecular weight is 541 g/mol. The van der Waals surface area contributed by atoms with Crippen LogP contribution in [0.15, 0.2) is 66.9 Å². The number of carbonyl (C=O) groups excluding carboxylic acids is 2. The number of nitrogens with zero attached hydrogens (tertiary/aromatic N) is 5. The molecule has 1 aliphatic heterocycles. The number of aromatic nitrogens is 4. The van der Waals surface area contributed by atoms with Gasteiger partial charge in [0.15, 0.2) is 5.78 Å². The maximum Gasteiger partial charge on any atom is 0.240 e. The van der Waals surface area contributed by atoms with Crippen LogP contribution in [-0.2, 0) is 35.9 Å². The average Bonchev–Trinajstić information content (AvgIpc) is 3.58. The van der Waals surface area contributed by atoms with E-state index in [1.54, 1.807) is 22.9 Å². The molecule has 9 nitrogen and oxygen atoms in total. The fourth-order valence-corrected chi connectivity index (χ4v) is 5.58. The number of likely N-dealkylation sites (tertiary alicyclic amines) is 1. The Morgan fingerprint density at radius 1 is 1.07 bits per heavy atom. The molecule has 3 atom stereocenters. The van der Waals surface area contributed by atoms with Crippen molar-refractivity contribution in [3.63, 3.8) is 0 Å². The first-order valence-corrected chi connectivity index (χ1v) is 13.8. The lowest BCUT2D eigenvalue weighted by Crippen LogP contribution is -2.48. The van der Waals surface area contributed by atoms with Gasteiger partial charge in [-0.2, -0.15) is 0 Å². The van der Waals surface area contributed by atoms with Gasteiger partial charge in [0.05, 0.1) is 24.7 Å². The Kier molecular flexibility index (Phi) is 8.50. The van der Waals surface area contributed by atoms with Gasteiger partial charge in [-0.05, 0) is 85.5 Å². The van der Waals surface area contributed by atoms with Gasteiger partial charge in [-0.3, -0.25) is 14.6 Å². The van der Waals surface area contributed by atoms with Gasteiger partial charge in [0, 0.05) is 31.9 Å². The second-order valence-corrected chi connectivity index (χ2v) is 10.6. The van der Waals surface area contributed by atoms with Gasteiger partial charge in [0.1, 0.15) is 11.3 Å². The molecule has 2 aromatic heterocycles. The predicted octanol–water partition coefficient (Wildman–Crippen LogP) is 3.29. The molecule has 0 saturated carbocycles. The summed E-state index contributed by atoms with van der Waals surface area (Å²) in [6, 6.07) is 18.5. The van der Waals surface area contributed by atoms with E-state index in [4.69, 9.17) is 10.5 Å². The molecule has 3 heterocycles. The smallest absolute Gasteiger partial charge is 0.240 e. The van der Waals surface area contributed by atoms with E-state index in [-0.39, 0.29) is 17.6 Å². The van der Waals surface area contributed by atoms with Crippen LogP contribution in [0.1, 0.15) is 36.1 Å². The number of pyridine rings is 1. The maximum atomic E-state index is 13.6. The Labute approximate surface area is 234 Å². The highest BCUT2D eigenvalue weighted by molar-refractivity contribution is 5.91. The highest BCUT2D eigenvalue weighted by Gasteiger charge is 2.40. The summed E-state index contributed by atoms with van der Waals surface area (Å²) >= 11 is 0. The first kappa shape index (κ1) is 27.5. The summed E-state index contributed by atoms with van der Waals surface area (Å²) in [4.78, 5) is 33.3. The lowest BCUT2D eigenvalue weighted by Gasteiger charge is -2.26. The Morgan fingerprint density at radius 3 is 2.62 bits per heavy atom.